The maximum absolute atomic E-state index is 13.5. The largest absolute Gasteiger partial charge is 0.440 e. The van der Waals surface area contributed by atoms with Crippen molar-refractivity contribution in [1.29, 1.82) is 0 Å². The summed E-state index contributed by atoms with van der Waals surface area (Å²) in [5.74, 6) is -0.157. The highest BCUT2D eigenvalue weighted by atomic mass is 19.1. The molecule has 0 radical (unpaired) electrons. The highest BCUT2D eigenvalue weighted by molar-refractivity contribution is 5.98. The molecule has 0 saturated carbocycles. The van der Waals surface area contributed by atoms with Crippen LogP contribution in [0.3, 0.4) is 0 Å². The number of rotatable bonds is 8. The van der Waals surface area contributed by atoms with Crippen LogP contribution in [0, 0.1) is 5.82 Å². The summed E-state index contributed by atoms with van der Waals surface area (Å²) in [7, 11) is 3.88. The van der Waals surface area contributed by atoms with Gasteiger partial charge in [0.2, 0.25) is 0 Å². The maximum Gasteiger partial charge on any atom is 0.251 e. The van der Waals surface area contributed by atoms with Gasteiger partial charge in [0.25, 0.3) is 5.91 Å². The van der Waals surface area contributed by atoms with E-state index >= 15 is 0 Å². The molecule has 0 aliphatic carbocycles. The molecule has 4 rings (SSSR count). The summed E-state index contributed by atoms with van der Waals surface area (Å²) in [6, 6.07) is 11.4. The zero-order valence-corrected chi connectivity index (χ0v) is 21.3. The van der Waals surface area contributed by atoms with Crippen LogP contribution in [0.15, 0.2) is 51.7 Å². The van der Waals surface area contributed by atoms with Gasteiger partial charge in [-0.25, -0.2) is 4.39 Å². The van der Waals surface area contributed by atoms with E-state index in [0.29, 0.717) is 61.8 Å². The minimum atomic E-state index is -0.290. The van der Waals surface area contributed by atoms with Crippen molar-refractivity contribution in [2.24, 2.45) is 0 Å². The zero-order valence-electron chi connectivity index (χ0n) is 21.3. The van der Waals surface area contributed by atoms with Gasteiger partial charge in [0, 0.05) is 37.8 Å². The lowest BCUT2D eigenvalue weighted by molar-refractivity contribution is 0.0951. The molecule has 0 bridgehead atoms. The summed E-state index contributed by atoms with van der Waals surface area (Å²) in [6.45, 7) is 7.70. The standard InChI is InChI=1S/C28H34FN3O4/c1-18(20-5-7-22(29)8-6-20)19(2)23-15-21(28(34)30-9-10-31(3)4)16-24-25(33)17-26(36-27(23)24)32-11-13-35-14-12-32/h5-8,15-19H,9-14H2,1-4H3,(H,30,34). The van der Waals surface area contributed by atoms with Crippen LogP contribution in [-0.2, 0) is 4.74 Å². The number of hydrogen-bond donors (Lipinski definition) is 1. The minimum Gasteiger partial charge on any atom is -0.440 e. The molecule has 36 heavy (non-hydrogen) atoms. The lowest BCUT2D eigenvalue weighted by atomic mass is 9.82. The molecule has 7 nitrogen and oxygen atoms in total. The number of carbonyl (C=O) groups is 1. The Morgan fingerprint density at radius 1 is 1.08 bits per heavy atom. The average Bonchev–Trinajstić information content (AvgIpc) is 2.88. The van der Waals surface area contributed by atoms with E-state index in [1.165, 1.54) is 18.2 Å². The predicted octanol–water partition coefficient (Wildman–Crippen LogP) is 3.97. The first-order valence-corrected chi connectivity index (χ1v) is 12.4. The van der Waals surface area contributed by atoms with Crippen molar-refractivity contribution in [3.63, 3.8) is 0 Å². The first kappa shape index (κ1) is 25.9. The number of hydrogen-bond acceptors (Lipinski definition) is 6. The molecule has 2 aromatic carbocycles. The second kappa shape index (κ2) is 11.2. The van der Waals surface area contributed by atoms with Crippen LogP contribution in [-0.4, -0.2) is 64.3 Å². The van der Waals surface area contributed by atoms with E-state index < -0.39 is 0 Å². The monoisotopic (exact) mass is 495 g/mol. The number of likely N-dealkylation sites (N-methyl/N-ethyl adjacent to an activating group) is 1. The van der Waals surface area contributed by atoms with Gasteiger partial charge in [-0.05, 0) is 61.3 Å². The maximum atomic E-state index is 13.5. The Balaban J connectivity index is 1.79. The van der Waals surface area contributed by atoms with E-state index in [4.69, 9.17) is 9.15 Å². The second-order valence-electron chi connectivity index (χ2n) is 9.68. The van der Waals surface area contributed by atoms with Crippen molar-refractivity contribution in [3.8, 4) is 0 Å². The Morgan fingerprint density at radius 3 is 2.44 bits per heavy atom. The van der Waals surface area contributed by atoms with E-state index in [2.05, 4.69) is 12.2 Å². The number of halogens is 1. The van der Waals surface area contributed by atoms with E-state index in [0.717, 1.165) is 11.1 Å². The number of fused-ring (bicyclic) bond motifs is 1. The quantitative estimate of drug-likeness (QED) is 0.510. The van der Waals surface area contributed by atoms with E-state index in [9.17, 15) is 14.0 Å². The molecular formula is C28H34FN3O4. The molecule has 1 aliphatic rings. The molecule has 1 fully saturated rings. The van der Waals surface area contributed by atoms with Crippen molar-refractivity contribution in [1.82, 2.24) is 10.2 Å². The first-order valence-electron chi connectivity index (χ1n) is 12.4. The molecule has 2 heterocycles. The lowest BCUT2D eigenvalue weighted by Gasteiger charge is -2.28. The fourth-order valence-corrected chi connectivity index (χ4v) is 4.50. The number of amides is 1. The summed E-state index contributed by atoms with van der Waals surface area (Å²) in [5, 5.41) is 3.31. The number of carbonyl (C=O) groups excluding carboxylic acids is 1. The van der Waals surface area contributed by atoms with E-state index in [-0.39, 0.29) is 29.0 Å². The fourth-order valence-electron chi connectivity index (χ4n) is 4.50. The number of anilines is 1. The number of ether oxygens (including phenoxy) is 1. The Hall–Kier alpha value is -3.23. The van der Waals surface area contributed by atoms with Crippen molar-refractivity contribution < 1.29 is 18.3 Å². The van der Waals surface area contributed by atoms with Gasteiger partial charge in [0.1, 0.15) is 11.4 Å². The molecule has 1 N–H and O–H groups in total. The van der Waals surface area contributed by atoms with Gasteiger partial charge in [-0.3, -0.25) is 9.59 Å². The third-order valence-corrected chi connectivity index (χ3v) is 6.91. The summed E-state index contributed by atoms with van der Waals surface area (Å²) < 4.78 is 25.3. The van der Waals surface area contributed by atoms with Gasteiger partial charge < -0.3 is 24.3 Å². The minimum absolute atomic E-state index is 0.0156. The van der Waals surface area contributed by atoms with Gasteiger partial charge in [-0.15, -0.1) is 0 Å². The smallest absolute Gasteiger partial charge is 0.251 e. The fraction of sp³-hybridized carbons (Fsp3) is 0.429. The molecule has 1 saturated heterocycles. The van der Waals surface area contributed by atoms with Crippen LogP contribution in [0.5, 0.6) is 0 Å². The second-order valence-corrected chi connectivity index (χ2v) is 9.68. The molecule has 1 aliphatic heterocycles. The Morgan fingerprint density at radius 2 is 1.78 bits per heavy atom. The first-order chi connectivity index (χ1) is 17.2. The highest BCUT2D eigenvalue weighted by Gasteiger charge is 2.24. The Labute approximate surface area is 210 Å². The average molecular weight is 496 g/mol. The van der Waals surface area contributed by atoms with Crippen molar-refractivity contribution in [2.45, 2.75) is 25.7 Å². The molecule has 2 atom stereocenters. The molecule has 1 amide bonds. The van der Waals surface area contributed by atoms with Crippen molar-refractivity contribution in [3.05, 3.63) is 75.2 Å². The van der Waals surface area contributed by atoms with Crippen LogP contribution in [0.1, 0.15) is 47.2 Å². The zero-order chi connectivity index (χ0) is 25.8. The van der Waals surface area contributed by atoms with Crippen LogP contribution in [0.25, 0.3) is 11.0 Å². The summed E-state index contributed by atoms with van der Waals surface area (Å²) in [6.07, 6.45) is 0. The van der Waals surface area contributed by atoms with Gasteiger partial charge in [0.15, 0.2) is 11.3 Å². The van der Waals surface area contributed by atoms with Crippen molar-refractivity contribution >= 4 is 22.8 Å². The summed E-state index contributed by atoms with van der Waals surface area (Å²) >= 11 is 0. The molecule has 192 valence electrons. The molecule has 2 unspecified atom stereocenters. The van der Waals surface area contributed by atoms with Crippen LogP contribution in [0.2, 0.25) is 0 Å². The van der Waals surface area contributed by atoms with Gasteiger partial charge in [-0.1, -0.05) is 26.0 Å². The number of nitrogens with zero attached hydrogens (tertiary/aromatic N) is 2. The molecule has 3 aromatic rings. The molecule has 1 aromatic heterocycles. The summed E-state index contributed by atoms with van der Waals surface area (Å²) in [5.41, 5.74) is 2.44. The Kier molecular flexibility index (Phi) is 8.06. The van der Waals surface area contributed by atoms with Gasteiger partial charge in [0.05, 0.1) is 18.6 Å². The number of nitrogens with one attached hydrogen (secondary N) is 1. The number of benzene rings is 2. The SMILES string of the molecule is CC(c1ccc(F)cc1)C(C)c1cc(C(=O)NCCN(C)C)cc2c(=O)cc(N3CCOCC3)oc12. The van der Waals surface area contributed by atoms with Crippen LogP contribution in [0.4, 0.5) is 10.3 Å². The number of morpholine rings is 1. The summed E-state index contributed by atoms with van der Waals surface area (Å²) in [4.78, 5) is 30.3. The van der Waals surface area contributed by atoms with E-state index in [1.807, 2.05) is 36.9 Å². The topological polar surface area (TPSA) is 75.0 Å². The molecule has 0 spiro atoms. The highest BCUT2D eigenvalue weighted by Crippen LogP contribution is 2.37. The molecule has 8 heteroatoms. The normalized spacial score (nSPS) is 15.8. The van der Waals surface area contributed by atoms with Crippen LogP contribution >= 0.6 is 0 Å². The van der Waals surface area contributed by atoms with Gasteiger partial charge >= 0.3 is 0 Å². The Bertz CT molecular complexity index is 1270. The van der Waals surface area contributed by atoms with Gasteiger partial charge in [-0.2, -0.15) is 0 Å². The third kappa shape index (κ3) is 5.77. The van der Waals surface area contributed by atoms with Crippen LogP contribution < -0.4 is 15.6 Å². The third-order valence-electron chi connectivity index (χ3n) is 6.91. The van der Waals surface area contributed by atoms with E-state index in [1.54, 1.807) is 18.2 Å². The van der Waals surface area contributed by atoms with Crippen molar-refractivity contribution in [2.75, 3.05) is 58.4 Å². The predicted molar refractivity (Wildman–Crippen MR) is 140 cm³/mol. The molecular weight excluding hydrogens is 461 g/mol. The lowest BCUT2D eigenvalue weighted by Crippen LogP contribution is -2.36.